The third-order valence-corrected chi connectivity index (χ3v) is 8.87. The minimum atomic E-state index is -0.156. The van der Waals surface area contributed by atoms with E-state index in [4.69, 9.17) is 9.72 Å². The maximum absolute atomic E-state index is 9.72. The summed E-state index contributed by atoms with van der Waals surface area (Å²) in [6.45, 7) is 2.81. The van der Waals surface area contributed by atoms with E-state index < -0.39 is 0 Å². The summed E-state index contributed by atoms with van der Waals surface area (Å²) >= 11 is 0. The maximum atomic E-state index is 9.72. The summed E-state index contributed by atoms with van der Waals surface area (Å²) in [5, 5.41) is 23.7. The SMILES string of the molecule is COc1ccc(CN2C3CC2CN(c2ccc(-c4cc(CCC5(C#N)CC5)cn5ncc(C#N)c45)cn2)C3)cn1. The van der Waals surface area contributed by atoms with Gasteiger partial charge in [-0.1, -0.05) is 6.07 Å². The molecular weight excluding hydrogens is 500 g/mol. The predicted octanol–water partition coefficient (Wildman–Crippen LogP) is 4.37. The molecule has 4 aliphatic rings. The van der Waals surface area contributed by atoms with Crippen molar-refractivity contribution in [3.8, 4) is 29.1 Å². The Morgan fingerprint density at radius 2 is 1.88 bits per heavy atom. The first kappa shape index (κ1) is 24.6. The second-order valence-electron chi connectivity index (χ2n) is 11.4. The Balaban J connectivity index is 1.08. The van der Waals surface area contributed by atoms with E-state index in [-0.39, 0.29) is 5.41 Å². The minimum absolute atomic E-state index is 0.156. The highest BCUT2D eigenvalue weighted by atomic mass is 16.5. The smallest absolute Gasteiger partial charge is 0.212 e. The minimum Gasteiger partial charge on any atom is -0.481 e. The maximum Gasteiger partial charge on any atom is 0.212 e. The van der Waals surface area contributed by atoms with E-state index in [2.05, 4.69) is 56.3 Å². The molecule has 4 aromatic heterocycles. The number of pyridine rings is 3. The first-order valence-electron chi connectivity index (χ1n) is 13.9. The Labute approximate surface area is 233 Å². The average molecular weight is 531 g/mol. The number of aryl methyl sites for hydroxylation is 1. The van der Waals surface area contributed by atoms with E-state index in [1.165, 1.54) is 12.0 Å². The molecule has 2 bridgehead atoms. The molecule has 3 saturated heterocycles. The molecule has 0 spiro atoms. The number of anilines is 1. The average Bonchev–Trinajstić information content (AvgIpc) is 3.68. The number of hydrogen-bond donors (Lipinski definition) is 0. The highest BCUT2D eigenvalue weighted by Gasteiger charge is 2.45. The van der Waals surface area contributed by atoms with Crippen molar-refractivity contribution >= 4 is 11.3 Å². The first-order valence-corrected chi connectivity index (χ1v) is 13.9. The quantitative estimate of drug-likeness (QED) is 0.331. The normalized spacial score (nSPS) is 20.9. The predicted molar refractivity (Wildman–Crippen MR) is 149 cm³/mol. The zero-order valence-corrected chi connectivity index (χ0v) is 22.5. The number of methoxy groups -OCH3 is 1. The number of fused-ring (bicyclic) bond motifs is 3. The van der Waals surface area contributed by atoms with Crippen LogP contribution in [0.25, 0.3) is 16.6 Å². The van der Waals surface area contributed by atoms with Crippen LogP contribution in [0.15, 0.2) is 55.1 Å². The number of piperidine rings is 1. The molecule has 200 valence electrons. The van der Waals surface area contributed by atoms with E-state index in [0.717, 1.165) is 73.3 Å². The molecule has 0 aromatic carbocycles. The lowest BCUT2D eigenvalue weighted by atomic mass is 9.87. The molecule has 3 aliphatic heterocycles. The van der Waals surface area contributed by atoms with E-state index in [1.54, 1.807) is 17.8 Å². The number of nitrogens with zero attached hydrogens (tertiary/aromatic N) is 8. The number of piperazine rings is 1. The van der Waals surface area contributed by atoms with Crippen LogP contribution in [0.5, 0.6) is 5.88 Å². The van der Waals surface area contributed by atoms with E-state index in [1.807, 2.05) is 24.7 Å². The van der Waals surface area contributed by atoms with Crippen LogP contribution in [-0.4, -0.2) is 56.8 Å². The molecule has 7 heterocycles. The van der Waals surface area contributed by atoms with E-state index in [9.17, 15) is 10.5 Å². The Hall–Kier alpha value is -4.47. The van der Waals surface area contributed by atoms with Crippen molar-refractivity contribution in [1.82, 2.24) is 24.5 Å². The lowest BCUT2D eigenvalue weighted by molar-refractivity contribution is -0.00876. The van der Waals surface area contributed by atoms with Gasteiger partial charge in [-0.25, -0.2) is 14.5 Å². The Bertz CT molecular complexity index is 1630. The van der Waals surface area contributed by atoms with Crippen LogP contribution < -0.4 is 9.64 Å². The third-order valence-electron chi connectivity index (χ3n) is 8.87. The summed E-state index contributed by atoms with van der Waals surface area (Å²) in [7, 11) is 1.64. The number of rotatable bonds is 8. The molecule has 4 aromatic rings. The molecule has 2 unspecified atom stereocenters. The van der Waals surface area contributed by atoms with Gasteiger partial charge in [0, 0.05) is 67.5 Å². The topological polar surface area (TPSA) is 106 Å². The van der Waals surface area contributed by atoms with Gasteiger partial charge in [-0.2, -0.15) is 15.6 Å². The molecule has 1 aliphatic carbocycles. The standard InChI is InChI=1S/C31H30N8O/c1-40-29-5-2-22(13-35-29)16-38-25-11-26(38)19-37(18-25)28-4-3-23(14-34-28)27-10-21(6-7-31(20-33)8-9-31)17-39-30(27)24(12-32)15-36-39/h2-5,10,13-15,17,25-26H,6-9,11,16,18-19H2,1H3. The molecular formula is C31H30N8O. The van der Waals surface area contributed by atoms with Crippen molar-refractivity contribution in [2.24, 2.45) is 5.41 Å². The molecule has 9 heteroatoms. The van der Waals surface area contributed by atoms with Crippen LogP contribution in [0.4, 0.5) is 5.82 Å². The van der Waals surface area contributed by atoms with Crippen molar-refractivity contribution in [1.29, 1.82) is 10.5 Å². The van der Waals surface area contributed by atoms with Gasteiger partial charge in [-0.3, -0.25) is 4.90 Å². The van der Waals surface area contributed by atoms with Gasteiger partial charge in [-0.15, -0.1) is 0 Å². The molecule has 40 heavy (non-hydrogen) atoms. The van der Waals surface area contributed by atoms with Crippen LogP contribution in [0.3, 0.4) is 0 Å². The number of nitriles is 2. The third kappa shape index (κ3) is 4.33. The van der Waals surface area contributed by atoms with Crippen molar-refractivity contribution in [2.75, 3.05) is 25.1 Å². The van der Waals surface area contributed by atoms with Crippen LogP contribution >= 0.6 is 0 Å². The molecule has 2 atom stereocenters. The van der Waals surface area contributed by atoms with Gasteiger partial charge in [0.1, 0.15) is 11.9 Å². The monoisotopic (exact) mass is 530 g/mol. The zero-order valence-electron chi connectivity index (χ0n) is 22.5. The molecule has 1 saturated carbocycles. The van der Waals surface area contributed by atoms with E-state index >= 15 is 0 Å². The van der Waals surface area contributed by atoms with Crippen LogP contribution in [0, 0.1) is 28.1 Å². The largest absolute Gasteiger partial charge is 0.481 e. The molecule has 0 radical (unpaired) electrons. The second kappa shape index (κ2) is 9.62. The lowest BCUT2D eigenvalue weighted by Crippen LogP contribution is -2.68. The first-order chi connectivity index (χ1) is 19.6. The Morgan fingerprint density at radius 3 is 2.52 bits per heavy atom. The second-order valence-corrected chi connectivity index (χ2v) is 11.4. The van der Waals surface area contributed by atoms with Crippen molar-refractivity contribution in [3.63, 3.8) is 0 Å². The van der Waals surface area contributed by atoms with Gasteiger partial charge in [0.15, 0.2) is 0 Å². The summed E-state index contributed by atoms with van der Waals surface area (Å²) in [5.74, 6) is 1.62. The van der Waals surface area contributed by atoms with Crippen molar-refractivity contribution in [3.05, 3.63) is 71.8 Å². The highest BCUT2D eigenvalue weighted by molar-refractivity contribution is 5.84. The van der Waals surface area contributed by atoms with Gasteiger partial charge < -0.3 is 9.64 Å². The number of aromatic nitrogens is 4. The highest BCUT2D eigenvalue weighted by Crippen LogP contribution is 2.48. The fourth-order valence-corrected chi connectivity index (χ4v) is 6.27. The van der Waals surface area contributed by atoms with Crippen LogP contribution in [-0.2, 0) is 13.0 Å². The lowest BCUT2D eigenvalue weighted by Gasteiger charge is -2.56. The summed E-state index contributed by atoms with van der Waals surface area (Å²) in [4.78, 5) is 14.2. The fourth-order valence-electron chi connectivity index (χ4n) is 6.27. The van der Waals surface area contributed by atoms with Crippen molar-refractivity contribution in [2.45, 2.75) is 50.7 Å². The van der Waals surface area contributed by atoms with Gasteiger partial charge in [0.05, 0.1) is 35.9 Å². The molecule has 0 N–H and O–H groups in total. The Kier molecular flexibility index (Phi) is 5.91. The van der Waals surface area contributed by atoms with Gasteiger partial charge >= 0.3 is 0 Å². The molecule has 4 fully saturated rings. The zero-order chi connectivity index (χ0) is 27.3. The Morgan fingerprint density at radius 1 is 1.02 bits per heavy atom. The fraction of sp³-hybridized carbons (Fsp3) is 0.387. The summed E-state index contributed by atoms with van der Waals surface area (Å²) in [5.41, 5.74) is 5.42. The molecule has 0 amide bonds. The van der Waals surface area contributed by atoms with Gasteiger partial charge in [0.2, 0.25) is 5.88 Å². The summed E-state index contributed by atoms with van der Waals surface area (Å²) < 4.78 is 6.98. The number of hydrogen-bond acceptors (Lipinski definition) is 8. The van der Waals surface area contributed by atoms with Crippen LogP contribution in [0.2, 0.25) is 0 Å². The summed E-state index contributed by atoms with van der Waals surface area (Å²) in [6.07, 6.45) is 12.3. The van der Waals surface area contributed by atoms with Crippen molar-refractivity contribution < 1.29 is 4.74 Å². The van der Waals surface area contributed by atoms with Gasteiger partial charge in [-0.05, 0) is 61.4 Å². The van der Waals surface area contributed by atoms with Crippen LogP contribution in [0.1, 0.15) is 42.4 Å². The van der Waals surface area contributed by atoms with Gasteiger partial charge in [0.25, 0.3) is 0 Å². The van der Waals surface area contributed by atoms with E-state index in [0.29, 0.717) is 23.5 Å². The number of ether oxygens (including phenoxy) is 1. The molecule has 8 rings (SSSR count). The molecule has 9 nitrogen and oxygen atoms in total. The summed E-state index contributed by atoms with van der Waals surface area (Å²) in [6, 6.07) is 16.1.